The zero-order chi connectivity index (χ0) is 15.2. The predicted octanol–water partition coefficient (Wildman–Crippen LogP) is 2.58. The molecule has 0 spiro atoms. The van der Waals surface area contributed by atoms with E-state index in [1.807, 2.05) is 36.8 Å². The van der Waals surface area contributed by atoms with E-state index in [0.29, 0.717) is 17.8 Å². The van der Waals surface area contributed by atoms with Gasteiger partial charge in [0.2, 0.25) is 0 Å². The van der Waals surface area contributed by atoms with Crippen LogP contribution in [0.3, 0.4) is 0 Å². The molecule has 0 saturated heterocycles. The zero-order valence-electron chi connectivity index (χ0n) is 13.2. The largest absolute Gasteiger partial charge is 0.338 e. The van der Waals surface area contributed by atoms with Crippen LogP contribution in [0.1, 0.15) is 36.9 Å². The van der Waals surface area contributed by atoms with Crippen molar-refractivity contribution in [3.63, 3.8) is 0 Å². The summed E-state index contributed by atoms with van der Waals surface area (Å²) in [4.78, 5) is 14.1. The molecule has 2 rings (SSSR count). The first-order chi connectivity index (χ1) is 10.1. The molecule has 0 unspecified atom stereocenters. The molecular weight excluding hydrogens is 284 g/mol. The van der Waals surface area contributed by atoms with Gasteiger partial charge in [-0.1, -0.05) is 6.42 Å². The van der Waals surface area contributed by atoms with Crippen LogP contribution in [0, 0.1) is 6.92 Å². The molecule has 1 saturated carbocycles. The molecule has 0 bridgehead atoms. The summed E-state index contributed by atoms with van der Waals surface area (Å²) in [5.74, 6) is 0. The van der Waals surface area contributed by atoms with E-state index in [4.69, 9.17) is 0 Å². The molecule has 118 valence electrons. The lowest BCUT2D eigenvalue weighted by molar-refractivity contribution is 0.192. The summed E-state index contributed by atoms with van der Waals surface area (Å²) in [6, 6.07) is 0.445. The third-order valence-electron chi connectivity index (χ3n) is 4.37. The minimum absolute atomic E-state index is 0.0601. The minimum atomic E-state index is 0.0601. The van der Waals surface area contributed by atoms with Crippen LogP contribution in [0.2, 0.25) is 0 Å². The standard InChI is InChI=1S/C15H26N4OS/c1-11-12(10-17-18-11)6-5-9-16-15(20)19(2)13-7-4-8-14(13)21-3/h10,13-14H,4-9H2,1-3H3,(H,16,20)(H,17,18)/t13-,14+/m1/s1. The monoisotopic (exact) mass is 310 g/mol. The number of rotatable bonds is 6. The number of thioether (sulfide) groups is 1. The van der Waals surface area contributed by atoms with Crippen molar-refractivity contribution in [1.29, 1.82) is 0 Å². The molecule has 21 heavy (non-hydrogen) atoms. The number of hydrogen-bond donors (Lipinski definition) is 2. The molecule has 0 radical (unpaired) electrons. The highest BCUT2D eigenvalue weighted by Crippen LogP contribution is 2.31. The van der Waals surface area contributed by atoms with E-state index >= 15 is 0 Å². The van der Waals surface area contributed by atoms with Crippen molar-refractivity contribution in [2.75, 3.05) is 19.8 Å². The van der Waals surface area contributed by atoms with E-state index in [9.17, 15) is 4.79 Å². The van der Waals surface area contributed by atoms with Crippen molar-refractivity contribution >= 4 is 17.8 Å². The Hall–Kier alpha value is -1.17. The van der Waals surface area contributed by atoms with Gasteiger partial charge in [0.15, 0.2) is 0 Å². The molecule has 1 aromatic rings. The maximum absolute atomic E-state index is 12.2. The fraction of sp³-hybridized carbons (Fsp3) is 0.733. The number of aromatic amines is 1. The van der Waals surface area contributed by atoms with Crippen LogP contribution in [0.4, 0.5) is 4.79 Å². The highest BCUT2D eigenvalue weighted by molar-refractivity contribution is 7.99. The maximum atomic E-state index is 12.2. The first-order valence-electron chi connectivity index (χ1n) is 7.65. The summed E-state index contributed by atoms with van der Waals surface area (Å²) < 4.78 is 0. The fourth-order valence-corrected chi connectivity index (χ4v) is 4.04. The lowest BCUT2D eigenvalue weighted by Crippen LogP contribution is -2.46. The first kappa shape index (κ1) is 16.2. The molecule has 1 aliphatic rings. The Labute approximate surface area is 131 Å². The van der Waals surface area contributed by atoms with Crippen molar-refractivity contribution in [2.24, 2.45) is 0 Å². The van der Waals surface area contributed by atoms with E-state index < -0.39 is 0 Å². The number of hydrogen-bond acceptors (Lipinski definition) is 3. The quantitative estimate of drug-likeness (QED) is 0.794. The van der Waals surface area contributed by atoms with E-state index in [1.54, 1.807) is 0 Å². The molecule has 6 heteroatoms. The predicted molar refractivity (Wildman–Crippen MR) is 87.7 cm³/mol. The molecular formula is C15H26N4OS. The molecule has 0 aliphatic heterocycles. The lowest BCUT2D eigenvalue weighted by Gasteiger charge is -2.29. The number of amides is 2. The van der Waals surface area contributed by atoms with Gasteiger partial charge < -0.3 is 10.2 Å². The van der Waals surface area contributed by atoms with Gasteiger partial charge in [-0.25, -0.2) is 4.79 Å². The van der Waals surface area contributed by atoms with Crippen LogP contribution in [0.25, 0.3) is 0 Å². The first-order valence-corrected chi connectivity index (χ1v) is 8.94. The zero-order valence-corrected chi connectivity index (χ0v) is 14.0. The number of carbonyl (C=O) groups excluding carboxylic acids is 1. The summed E-state index contributed by atoms with van der Waals surface area (Å²) >= 11 is 1.88. The lowest BCUT2D eigenvalue weighted by atomic mass is 10.1. The third kappa shape index (κ3) is 4.15. The molecule has 2 atom stereocenters. The Morgan fingerprint density at radius 2 is 2.38 bits per heavy atom. The van der Waals surface area contributed by atoms with Crippen molar-refractivity contribution in [3.8, 4) is 0 Å². The normalized spacial score (nSPS) is 21.5. The third-order valence-corrected chi connectivity index (χ3v) is 5.53. The Morgan fingerprint density at radius 3 is 3.05 bits per heavy atom. The maximum Gasteiger partial charge on any atom is 0.317 e. The molecule has 1 aromatic heterocycles. The van der Waals surface area contributed by atoms with Crippen LogP contribution in [0.15, 0.2) is 6.20 Å². The van der Waals surface area contributed by atoms with Crippen LogP contribution in [-0.4, -0.2) is 52.3 Å². The van der Waals surface area contributed by atoms with Crippen LogP contribution in [-0.2, 0) is 6.42 Å². The van der Waals surface area contributed by atoms with Crippen molar-refractivity contribution in [1.82, 2.24) is 20.4 Å². The van der Waals surface area contributed by atoms with Gasteiger partial charge >= 0.3 is 6.03 Å². The Bertz CT molecular complexity index is 462. The second-order valence-corrected chi connectivity index (χ2v) is 6.82. The van der Waals surface area contributed by atoms with Crippen molar-refractivity contribution in [2.45, 2.75) is 50.3 Å². The smallest absolute Gasteiger partial charge is 0.317 e. The number of H-pyrrole nitrogens is 1. The van der Waals surface area contributed by atoms with Gasteiger partial charge in [-0.15, -0.1) is 0 Å². The van der Waals surface area contributed by atoms with E-state index in [1.165, 1.54) is 18.4 Å². The van der Waals surface area contributed by atoms with Crippen LogP contribution >= 0.6 is 11.8 Å². The molecule has 1 aliphatic carbocycles. The molecule has 1 fully saturated rings. The van der Waals surface area contributed by atoms with Crippen molar-refractivity contribution in [3.05, 3.63) is 17.5 Å². The van der Waals surface area contributed by atoms with Crippen molar-refractivity contribution < 1.29 is 4.79 Å². The summed E-state index contributed by atoms with van der Waals surface area (Å²) in [6.45, 7) is 2.74. The topological polar surface area (TPSA) is 61.0 Å². The average Bonchev–Trinajstić information content (AvgIpc) is 3.11. The molecule has 5 nitrogen and oxygen atoms in total. The van der Waals surface area contributed by atoms with Gasteiger partial charge in [-0.3, -0.25) is 5.10 Å². The average molecular weight is 310 g/mol. The number of nitrogens with one attached hydrogen (secondary N) is 2. The van der Waals surface area contributed by atoms with Gasteiger partial charge in [0.25, 0.3) is 0 Å². The molecule has 2 N–H and O–H groups in total. The molecule has 0 aromatic carbocycles. The minimum Gasteiger partial charge on any atom is -0.338 e. The van der Waals surface area contributed by atoms with Crippen LogP contribution < -0.4 is 5.32 Å². The number of aryl methyl sites for hydroxylation is 2. The highest BCUT2D eigenvalue weighted by Gasteiger charge is 2.31. The fourth-order valence-electron chi connectivity index (χ4n) is 3.00. The van der Waals surface area contributed by atoms with Crippen LogP contribution in [0.5, 0.6) is 0 Å². The Balaban J connectivity index is 1.70. The highest BCUT2D eigenvalue weighted by atomic mass is 32.2. The summed E-state index contributed by atoms with van der Waals surface area (Å²) in [7, 11) is 1.93. The number of urea groups is 1. The number of aromatic nitrogens is 2. The Morgan fingerprint density at radius 1 is 1.57 bits per heavy atom. The van der Waals surface area contributed by atoms with E-state index in [0.717, 1.165) is 25.0 Å². The Kier molecular flexibility index (Phi) is 5.96. The van der Waals surface area contributed by atoms with E-state index in [-0.39, 0.29) is 6.03 Å². The van der Waals surface area contributed by atoms with Gasteiger partial charge in [-0.05, 0) is 44.4 Å². The summed E-state index contributed by atoms with van der Waals surface area (Å²) in [5.41, 5.74) is 2.35. The van der Waals surface area contributed by atoms with Gasteiger partial charge in [-0.2, -0.15) is 16.9 Å². The summed E-state index contributed by atoms with van der Waals surface area (Å²) in [6.07, 6.45) is 9.48. The van der Waals surface area contributed by atoms with E-state index in [2.05, 4.69) is 21.8 Å². The van der Waals surface area contributed by atoms with Gasteiger partial charge in [0.05, 0.1) is 6.20 Å². The second-order valence-electron chi connectivity index (χ2n) is 5.74. The second kappa shape index (κ2) is 7.73. The number of carbonyl (C=O) groups is 1. The van der Waals surface area contributed by atoms with Gasteiger partial charge in [0, 0.05) is 30.6 Å². The molecule has 2 amide bonds. The van der Waals surface area contributed by atoms with Gasteiger partial charge in [0.1, 0.15) is 0 Å². The SMILES string of the molecule is CS[C@H]1CCC[C@H]1N(C)C(=O)NCCCc1cn[nH]c1C. The summed E-state index contributed by atoms with van der Waals surface area (Å²) in [5, 5.41) is 10.6. The molecule has 1 heterocycles. The number of nitrogens with zero attached hydrogens (tertiary/aromatic N) is 2.